The molecule has 0 saturated carbocycles. The fourth-order valence-corrected chi connectivity index (χ4v) is 2.40. The third-order valence-electron chi connectivity index (χ3n) is 3.49. The first kappa shape index (κ1) is 14.2. The predicted octanol–water partition coefficient (Wildman–Crippen LogP) is 1.76. The van der Waals surface area contributed by atoms with Gasteiger partial charge in [0.2, 0.25) is 0 Å². The van der Waals surface area contributed by atoms with Crippen molar-refractivity contribution in [1.82, 2.24) is 10.2 Å². The zero-order valence-corrected chi connectivity index (χ0v) is 11.9. The van der Waals surface area contributed by atoms with E-state index in [4.69, 9.17) is 9.47 Å². The number of benzene rings is 1. The molecule has 1 aromatic carbocycles. The summed E-state index contributed by atoms with van der Waals surface area (Å²) in [5, 5.41) is 3.33. The molecule has 1 atom stereocenters. The fourth-order valence-electron chi connectivity index (χ4n) is 2.40. The van der Waals surface area contributed by atoms with Gasteiger partial charge in [-0.25, -0.2) is 0 Å². The van der Waals surface area contributed by atoms with Crippen LogP contribution < -0.4 is 14.8 Å². The SMILES string of the molecule is CCOc1ccccc1OCCN1CCC(NC)C1. The largest absolute Gasteiger partial charge is 0.490 e. The van der Waals surface area contributed by atoms with E-state index in [9.17, 15) is 0 Å². The fraction of sp³-hybridized carbons (Fsp3) is 0.600. The maximum absolute atomic E-state index is 5.83. The lowest BCUT2D eigenvalue weighted by Crippen LogP contribution is -2.31. The molecule has 1 saturated heterocycles. The standard InChI is InChI=1S/C15H24N2O2/c1-3-18-14-6-4-5-7-15(14)19-11-10-17-9-8-13(12-17)16-2/h4-7,13,16H,3,8-12H2,1-2H3. The topological polar surface area (TPSA) is 33.7 Å². The lowest BCUT2D eigenvalue weighted by Gasteiger charge is -2.17. The van der Waals surface area contributed by atoms with Gasteiger partial charge in [-0.1, -0.05) is 12.1 Å². The van der Waals surface area contributed by atoms with Gasteiger partial charge in [-0.2, -0.15) is 0 Å². The molecule has 1 heterocycles. The summed E-state index contributed by atoms with van der Waals surface area (Å²) < 4.78 is 11.4. The molecule has 1 fully saturated rings. The van der Waals surface area contributed by atoms with E-state index in [-0.39, 0.29) is 0 Å². The van der Waals surface area contributed by atoms with E-state index in [0.717, 1.165) is 31.1 Å². The molecule has 0 radical (unpaired) electrons. The number of nitrogens with one attached hydrogen (secondary N) is 1. The van der Waals surface area contributed by atoms with Crippen LogP contribution >= 0.6 is 0 Å². The van der Waals surface area contributed by atoms with E-state index < -0.39 is 0 Å². The van der Waals surface area contributed by atoms with E-state index in [1.807, 2.05) is 38.2 Å². The van der Waals surface area contributed by atoms with Crippen molar-refractivity contribution in [2.24, 2.45) is 0 Å². The summed E-state index contributed by atoms with van der Waals surface area (Å²) in [6.07, 6.45) is 1.23. The highest BCUT2D eigenvalue weighted by molar-refractivity contribution is 5.39. The number of likely N-dealkylation sites (tertiary alicyclic amines) is 1. The van der Waals surface area contributed by atoms with E-state index in [2.05, 4.69) is 10.2 Å². The van der Waals surface area contributed by atoms with E-state index >= 15 is 0 Å². The van der Waals surface area contributed by atoms with Gasteiger partial charge < -0.3 is 14.8 Å². The van der Waals surface area contributed by atoms with Crippen molar-refractivity contribution in [2.45, 2.75) is 19.4 Å². The van der Waals surface area contributed by atoms with Crippen molar-refractivity contribution in [3.8, 4) is 11.5 Å². The van der Waals surface area contributed by atoms with Crippen molar-refractivity contribution in [1.29, 1.82) is 0 Å². The average molecular weight is 264 g/mol. The molecular formula is C15H24N2O2. The maximum atomic E-state index is 5.83. The molecule has 4 heteroatoms. The summed E-state index contributed by atoms with van der Waals surface area (Å²) in [4.78, 5) is 2.43. The molecule has 1 aliphatic heterocycles. The van der Waals surface area contributed by atoms with Crippen LogP contribution in [0.1, 0.15) is 13.3 Å². The molecule has 0 spiro atoms. The van der Waals surface area contributed by atoms with Gasteiger partial charge in [0.05, 0.1) is 6.61 Å². The summed E-state index contributed by atoms with van der Waals surface area (Å²) in [6, 6.07) is 8.49. The van der Waals surface area contributed by atoms with E-state index in [1.165, 1.54) is 6.42 Å². The Balaban J connectivity index is 1.76. The average Bonchev–Trinajstić information content (AvgIpc) is 2.89. The van der Waals surface area contributed by atoms with Crippen molar-refractivity contribution >= 4 is 0 Å². The first-order valence-corrected chi connectivity index (χ1v) is 7.07. The van der Waals surface area contributed by atoms with Gasteiger partial charge in [0.1, 0.15) is 6.61 Å². The normalized spacial score (nSPS) is 19.6. The van der Waals surface area contributed by atoms with E-state index in [1.54, 1.807) is 0 Å². The molecule has 106 valence electrons. The monoisotopic (exact) mass is 264 g/mol. The molecule has 2 rings (SSSR count). The summed E-state index contributed by atoms with van der Waals surface area (Å²) in [6.45, 7) is 6.60. The van der Waals surface area contributed by atoms with Gasteiger partial charge >= 0.3 is 0 Å². The molecule has 0 aliphatic carbocycles. The number of rotatable bonds is 7. The molecule has 1 unspecified atom stereocenters. The lowest BCUT2D eigenvalue weighted by atomic mass is 10.3. The zero-order chi connectivity index (χ0) is 13.5. The second-order valence-electron chi connectivity index (χ2n) is 4.80. The third-order valence-corrected chi connectivity index (χ3v) is 3.49. The van der Waals surface area contributed by atoms with Crippen LogP contribution in [0.4, 0.5) is 0 Å². The number of nitrogens with zero attached hydrogens (tertiary/aromatic N) is 1. The highest BCUT2D eigenvalue weighted by Crippen LogP contribution is 2.26. The molecule has 1 aliphatic rings. The number of ether oxygens (including phenoxy) is 2. The minimum atomic E-state index is 0.635. The van der Waals surface area contributed by atoms with Gasteiger partial charge in [0, 0.05) is 19.1 Å². The molecule has 19 heavy (non-hydrogen) atoms. The minimum Gasteiger partial charge on any atom is -0.490 e. The first-order chi connectivity index (χ1) is 9.33. The Kier molecular flexibility index (Phi) is 5.48. The van der Waals surface area contributed by atoms with Crippen LogP contribution in [0, 0.1) is 0 Å². The molecule has 1 N–H and O–H groups in total. The Labute approximate surface area is 115 Å². The third kappa shape index (κ3) is 4.11. The van der Waals surface area contributed by atoms with Gasteiger partial charge in [0.15, 0.2) is 11.5 Å². The Morgan fingerprint density at radius 2 is 2.00 bits per heavy atom. The number of hydrogen-bond donors (Lipinski definition) is 1. The molecule has 4 nitrogen and oxygen atoms in total. The Hall–Kier alpha value is -1.26. The Bertz CT molecular complexity index is 384. The van der Waals surface area contributed by atoms with E-state index in [0.29, 0.717) is 19.3 Å². The quantitative estimate of drug-likeness (QED) is 0.813. The first-order valence-electron chi connectivity index (χ1n) is 7.07. The van der Waals surface area contributed by atoms with Gasteiger partial charge in [0.25, 0.3) is 0 Å². The second-order valence-corrected chi connectivity index (χ2v) is 4.80. The second kappa shape index (κ2) is 7.36. The van der Waals surface area contributed by atoms with Crippen LogP contribution in [-0.2, 0) is 0 Å². The zero-order valence-electron chi connectivity index (χ0n) is 11.9. The van der Waals surface area contributed by atoms with Crippen LogP contribution in [0.25, 0.3) is 0 Å². The number of hydrogen-bond acceptors (Lipinski definition) is 4. The van der Waals surface area contributed by atoms with Crippen molar-refractivity contribution in [3.63, 3.8) is 0 Å². The minimum absolute atomic E-state index is 0.635. The van der Waals surface area contributed by atoms with Crippen LogP contribution in [0.15, 0.2) is 24.3 Å². The molecule has 0 bridgehead atoms. The van der Waals surface area contributed by atoms with Crippen LogP contribution in [0.3, 0.4) is 0 Å². The highest BCUT2D eigenvalue weighted by atomic mass is 16.5. The summed E-state index contributed by atoms with van der Waals surface area (Å²) in [5.41, 5.74) is 0. The van der Waals surface area contributed by atoms with Crippen molar-refractivity contribution < 1.29 is 9.47 Å². The van der Waals surface area contributed by atoms with Crippen LogP contribution in [0.2, 0.25) is 0 Å². The molecule has 1 aromatic rings. The summed E-state index contributed by atoms with van der Waals surface area (Å²) in [5.74, 6) is 1.67. The number of likely N-dealkylation sites (N-methyl/N-ethyl adjacent to an activating group) is 1. The lowest BCUT2D eigenvalue weighted by molar-refractivity contribution is 0.224. The van der Waals surface area contributed by atoms with Crippen molar-refractivity contribution in [3.05, 3.63) is 24.3 Å². The summed E-state index contributed by atoms with van der Waals surface area (Å²) in [7, 11) is 2.03. The van der Waals surface area contributed by atoms with Crippen LogP contribution in [-0.4, -0.2) is 50.8 Å². The smallest absolute Gasteiger partial charge is 0.161 e. The maximum Gasteiger partial charge on any atom is 0.161 e. The molecular weight excluding hydrogens is 240 g/mol. The molecule has 0 aromatic heterocycles. The van der Waals surface area contributed by atoms with Gasteiger partial charge in [-0.15, -0.1) is 0 Å². The van der Waals surface area contributed by atoms with Gasteiger partial charge in [-0.05, 0) is 39.1 Å². The Morgan fingerprint density at radius 3 is 2.63 bits per heavy atom. The van der Waals surface area contributed by atoms with Crippen LogP contribution in [0.5, 0.6) is 11.5 Å². The Morgan fingerprint density at radius 1 is 1.26 bits per heavy atom. The number of para-hydroxylation sites is 2. The van der Waals surface area contributed by atoms with Gasteiger partial charge in [-0.3, -0.25) is 4.90 Å². The molecule has 0 amide bonds. The summed E-state index contributed by atoms with van der Waals surface area (Å²) >= 11 is 0. The van der Waals surface area contributed by atoms with Crippen molar-refractivity contribution in [2.75, 3.05) is 39.9 Å². The predicted molar refractivity (Wildman–Crippen MR) is 77.0 cm³/mol. The highest BCUT2D eigenvalue weighted by Gasteiger charge is 2.20.